The molecule has 0 saturated carbocycles. The highest BCUT2D eigenvalue weighted by molar-refractivity contribution is 14.1. The average Bonchev–Trinajstić information content (AvgIpc) is 2.66. The molecule has 2 rings (SSSR count). The van der Waals surface area contributed by atoms with Crippen LogP contribution in [0.25, 0.3) is 5.70 Å². The van der Waals surface area contributed by atoms with E-state index < -0.39 is 14.7 Å². The van der Waals surface area contributed by atoms with E-state index in [4.69, 9.17) is 4.74 Å². The summed E-state index contributed by atoms with van der Waals surface area (Å²) < 4.78 is 17.5. The number of halogens is 2. The Morgan fingerprint density at radius 1 is 1.63 bits per heavy atom. The fraction of sp³-hybridized carbons (Fsp3) is 0.273. The van der Waals surface area contributed by atoms with Gasteiger partial charge >= 0.3 is 5.97 Å². The van der Waals surface area contributed by atoms with Gasteiger partial charge in [-0.15, -0.1) is 12.6 Å². The second-order valence-electron chi connectivity index (χ2n) is 3.57. The van der Waals surface area contributed by atoms with Gasteiger partial charge in [0, 0.05) is 6.20 Å². The van der Waals surface area contributed by atoms with Crippen LogP contribution in [0.3, 0.4) is 0 Å². The molecular weight excluding hydrogens is 384 g/mol. The highest BCUT2D eigenvalue weighted by Gasteiger charge is 2.41. The lowest BCUT2D eigenvalue weighted by Crippen LogP contribution is -2.21. The third kappa shape index (κ3) is 2.78. The predicted octanol–water partition coefficient (Wildman–Crippen LogP) is 2.98. The number of nitrogens with zero attached hydrogens (tertiary/aromatic N) is 3. The number of hydrogen-bond acceptors (Lipinski definition) is 6. The van der Waals surface area contributed by atoms with Crippen molar-refractivity contribution in [1.82, 2.24) is 4.98 Å². The van der Waals surface area contributed by atoms with Crippen LogP contribution in [-0.4, -0.2) is 20.4 Å². The van der Waals surface area contributed by atoms with Crippen LogP contribution >= 0.6 is 35.2 Å². The molecule has 0 fully saturated rings. The molecule has 1 aliphatic heterocycles. The number of aromatic nitrogens is 1. The van der Waals surface area contributed by atoms with Crippen molar-refractivity contribution in [2.24, 2.45) is 10.2 Å². The summed E-state index contributed by atoms with van der Waals surface area (Å²) in [5.41, 5.74) is 0.0960. The van der Waals surface area contributed by atoms with E-state index in [0.29, 0.717) is 0 Å². The summed E-state index contributed by atoms with van der Waals surface area (Å²) in [4.78, 5) is 15.8. The zero-order chi connectivity index (χ0) is 14.0. The maximum Gasteiger partial charge on any atom is 0.340 e. The van der Waals surface area contributed by atoms with Crippen molar-refractivity contribution >= 4 is 46.9 Å². The van der Waals surface area contributed by atoms with Crippen molar-refractivity contribution in [3.8, 4) is 0 Å². The van der Waals surface area contributed by atoms with Crippen molar-refractivity contribution in [3.63, 3.8) is 0 Å². The molecule has 0 saturated heterocycles. The molecular formula is C11H9FIN3O2S. The second-order valence-corrected chi connectivity index (χ2v) is 6.63. The van der Waals surface area contributed by atoms with Gasteiger partial charge in [0.1, 0.15) is 17.0 Å². The first kappa shape index (κ1) is 14.4. The van der Waals surface area contributed by atoms with Gasteiger partial charge in [-0.25, -0.2) is 9.18 Å². The van der Waals surface area contributed by atoms with Crippen molar-refractivity contribution in [2.75, 3.05) is 6.61 Å². The molecule has 2 heterocycles. The fourth-order valence-electron chi connectivity index (χ4n) is 1.52. The van der Waals surface area contributed by atoms with Crippen molar-refractivity contribution < 1.29 is 13.9 Å². The van der Waals surface area contributed by atoms with Gasteiger partial charge in [-0.1, -0.05) is 0 Å². The lowest BCUT2D eigenvalue weighted by atomic mass is 10.1. The van der Waals surface area contributed by atoms with E-state index in [9.17, 15) is 9.18 Å². The molecule has 5 nitrogen and oxygen atoms in total. The van der Waals surface area contributed by atoms with Crippen LogP contribution in [0.2, 0.25) is 0 Å². The number of carbonyl (C=O) groups excluding carboxylic acids is 1. The number of thiol groups is 1. The molecule has 0 amide bonds. The molecule has 100 valence electrons. The van der Waals surface area contributed by atoms with Crippen molar-refractivity contribution in [1.29, 1.82) is 0 Å². The summed E-state index contributed by atoms with van der Waals surface area (Å²) in [5.74, 6) is -1.21. The Bertz CT molecular complexity index is 589. The van der Waals surface area contributed by atoms with Crippen LogP contribution in [0.15, 0.2) is 34.1 Å². The summed E-state index contributed by atoms with van der Waals surface area (Å²) in [6.45, 7) is 1.87. The van der Waals surface area contributed by atoms with Gasteiger partial charge < -0.3 is 4.74 Å². The first-order valence-electron chi connectivity index (χ1n) is 5.34. The summed E-state index contributed by atoms with van der Waals surface area (Å²) in [7, 11) is 0. The molecule has 1 unspecified atom stereocenters. The predicted molar refractivity (Wildman–Crippen MR) is 78.3 cm³/mol. The van der Waals surface area contributed by atoms with E-state index in [-0.39, 0.29) is 23.6 Å². The summed E-state index contributed by atoms with van der Waals surface area (Å²) in [6.07, 6.45) is 1.41. The molecule has 0 aliphatic carbocycles. The van der Waals surface area contributed by atoms with E-state index >= 15 is 0 Å². The Balaban J connectivity index is 2.57. The molecule has 0 bridgehead atoms. The topological polar surface area (TPSA) is 63.9 Å². The Kier molecular flexibility index (Phi) is 4.19. The van der Waals surface area contributed by atoms with E-state index in [1.54, 1.807) is 6.92 Å². The molecule has 1 atom stereocenters. The third-order valence-corrected chi connectivity index (χ3v) is 3.37. The molecule has 8 heteroatoms. The molecule has 0 spiro atoms. The Morgan fingerprint density at radius 2 is 2.37 bits per heavy atom. The van der Waals surface area contributed by atoms with Crippen LogP contribution in [-0.2, 0) is 9.53 Å². The summed E-state index contributed by atoms with van der Waals surface area (Å²) in [5, 5.41) is 7.67. The summed E-state index contributed by atoms with van der Waals surface area (Å²) in [6, 6.07) is 2.69. The SMILES string of the molecule is CCOC(=O)C1=C(c2ncccc2F)N=NC1(S)I. The molecule has 19 heavy (non-hydrogen) atoms. The minimum Gasteiger partial charge on any atom is -0.462 e. The smallest absolute Gasteiger partial charge is 0.340 e. The van der Waals surface area contributed by atoms with E-state index in [2.05, 4.69) is 27.8 Å². The maximum absolute atomic E-state index is 13.7. The summed E-state index contributed by atoms with van der Waals surface area (Å²) >= 11 is 6.07. The standard InChI is InChI=1S/C11H9FIN3O2S/c1-2-18-10(17)7-9(15-16-11(7,13)19)8-6(12)4-3-5-14-8/h3-5,19H,2H2,1H3. The second kappa shape index (κ2) is 5.53. The van der Waals surface area contributed by atoms with Gasteiger partial charge in [-0.05, 0) is 41.6 Å². The molecule has 0 N–H and O–H groups in total. The van der Waals surface area contributed by atoms with Crippen LogP contribution in [0, 0.1) is 5.82 Å². The van der Waals surface area contributed by atoms with Gasteiger partial charge in [0.25, 0.3) is 0 Å². The number of esters is 1. The highest BCUT2D eigenvalue weighted by atomic mass is 127. The number of ether oxygens (including phenoxy) is 1. The number of alkyl halides is 1. The van der Waals surface area contributed by atoms with Crippen molar-refractivity contribution in [3.05, 3.63) is 35.4 Å². The minimum absolute atomic E-state index is 0.0399. The number of carbonyl (C=O) groups is 1. The van der Waals surface area contributed by atoms with Crippen LogP contribution < -0.4 is 0 Å². The van der Waals surface area contributed by atoms with Gasteiger partial charge in [0.2, 0.25) is 2.88 Å². The zero-order valence-electron chi connectivity index (χ0n) is 9.80. The monoisotopic (exact) mass is 393 g/mol. The first-order valence-corrected chi connectivity index (χ1v) is 6.87. The first-order chi connectivity index (χ1) is 8.97. The van der Waals surface area contributed by atoms with E-state index in [1.807, 2.05) is 22.6 Å². The lowest BCUT2D eigenvalue weighted by molar-refractivity contribution is -0.138. The number of pyridine rings is 1. The van der Waals surface area contributed by atoms with Gasteiger partial charge in [-0.2, -0.15) is 10.2 Å². The lowest BCUT2D eigenvalue weighted by Gasteiger charge is -2.14. The fourth-order valence-corrected chi connectivity index (χ4v) is 2.35. The highest BCUT2D eigenvalue weighted by Crippen LogP contribution is 2.45. The number of rotatable bonds is 3. The average molecular weight is 393 g/mol. The minimum atomic E-state index is -1.18. The van der Waals surface area contributed by atoms with Crippen LogP contribution in [0.4, 0.5) is 4.39 Å². The zero-order valence-corrected chi connectivity index (χ0v) is 12.9. The Labute approximate surface area is 127 Å². The van der Waals surface area contributed by atoms with Gasteiger partial charge in [0.05, 0.1) is 6.61 Å². The van der Waals surface area contributed by atoms with E-state index in [0.717, 1.165) is 0 Å². The third-order valence-electron chi connectivity index (χ3n) is 2.30. The van der Waals surface area contributed by atoms with Gasteiger partial charge in [0.15, 0.2) is 5.82 Å². The molecule has 0 radical (unpaired) electrons. The molecule has 1 aromatic heterocycles. The van der Waals surface area contributed by atoms with Crippen molar-refractivity contribution in [2.45, 2.75) is 9.80 Å². The number of azo groups is 1. The van der Waals surface area contributed by atoms with E-state index in [1.165, 1.54) is 18.3 Å². The van der Waals surface area contributed by atoms with Crippen LogP contribution in [0.5, 0.6) is 0 Å². The van der Waals surface area contributed by atoms with Crippen LogP contribution in [0.1, 0.15) is 12.6 Å². The largest absolute Gasteiger partial charge is 0.462 e. The number of hydrogen-bond donors (Lipinski definition) is 1. The normalized spacial score (nSPS) is 21.9. The maximum atomic E-state index is 13.7. The molecule has 1 aromatic rings. The molecule has 0 aromatic carbocycles. The quantitative estimate of drug-likeness (QED) is 0.282. The Morgan fingerprint density at radius 3 is 3.00 bits per heavy atom. The Hall–Kier alpha value is -1.03. The molecule has 1 aliphatic rings. The van der Waals surface area contributed by atoms with Gasteiger partial charge in [-0.3, -0.25) is 4.98 Å².